The third-order valence-corrected chi connectivity index (χ3v) is 9.89. The predicted molar refractivity (Wildman–Crippen MR) is 129 cm³/mol. The summed E-state index contributed by atoms with van der Waals surface area (Å²) in [5.74, 6) is 0. The zero-order valence-electron chi connectivity index (χ0n) is 16.5. The zero-order valence-corrected chi connectivity index (χ0v) is 19.6. The van der Waals surface area contributed by atoms with Crippen LogP contribution in [0.2, 0.25) is 0 Å². The molecular weight excluding hydrogens is 494 g/mol. The molecule has 0 aliphatic heterocycles. The smallest absolute Gasteiger partial charge is 0.144 e. The number of fused-ring (bicyclic) bond motifs is 1. The third kappa shape index (κ3) is 3.47. The van der Waals surface area contributed by atoms with E-state index in [-0.39, 0.29) is 24.0 Å². The van der Waals surface area contributed by atoms with Gasteiger partial charge in [-0.25, -0.2) is 0 Å². The molecule has 0 N–H and O–H groups in total. The van der Waals surface area contributed by atoms with Crippen molar-refractivity contribution in [1.82, 2.24) is 0 Å². The number of hydrogen-bond donors (Lipinski definition) is 0. The second-order valence-electron chi connectivity index (χ2n) is 7.18. The molecule has 2 heteroatoms. The molecule has 0 radical (unpaired) electrons. The summed E-state index contributed by atoms with van der Waals surface area (Å²) in [5.41, 5.74) is 0. The molecule has 0 bridgehead atoms. The van der Waals surface area contributed by atoms with Crippen LogP contribution in [0.1, 0.15) is 0 Å². The molecule has 0 spiro atoms. The topological polar surface area (TPSA) is 0 Å². The normalized spacial score (nSPS) is 11.1. The minimum atomic E-state index is -2.05. The van der Waals surface area contributed by atoms with Crippen molar-refractivity contribution in [1.29, 1.82) is 0 Å². The minimum absolute atomic E-state index is 0. The second-order valence-corrected chi connectivity index (χ2v) is 10.5. The van der Waals surface area contributed by atoms with E-state index < -0.39 is 7.26 Å². The van der Waals surface area contributed by atoms with Crippen molar-refractivity contribution in [3.63, 3.8) is 0 Å². The van der Waals surface area contributed by atoms with Crippen LogP contribution in [0.3, 0.4) is 0 Å². The Kier molecular flexibility index (Phi) is 6.32. The Morgan fingerprint density at radius 3 is 1.27 bits per heavy atom. The van der Waals surface area contributed by atoms with Crippen LogP contribution in [0.15, 0.2) is 133 Å². The fourth-order valence-electron chi connectivity index (χ4n) is 4.32. The maximum Gasteiger partial charge on any atom is 0.144 e. The summed E-state index contributed by atoms with van der Waals surface area (Å²) in [7, 11) is -2.05. The lowest BCUT2D eigenvalue weighted by Gasteiger charge is -2.28. The predicted octanol–water partition coefficient (Wildman–Crippen LogP) is 2.46. The standard InChI is InChI=1S/C28H22P.HI/c1-4-15-24(16-5-1)29(25-17-6-2-7-18-25,26-19-8-3-9-20-26)28-22-12-14-23-13-10-11-21-27(23)28;/h1-22H;1H/q+1;/p-1. The molecule has 0 atom stereocenters. The molecule has 5 aromatic rings. The molecule has 0 aliphatic rings. The van der Waals surface area contributed by atoms with E-state index >= 15 is 0 Å². The molecule has 5 aromatic carbocycles. The van der Waals surface area contributed by atoms with Gasteiger partial charge in [0.1, 0.15) is 28.5 Å². The Balaban J connectivity index is 0.00000218. The van der Waals surface area contributed by atoms with Crippen molar-refractivity contribution < 1.29 is 24.0 Å². The monoisotopic (exact) mass is 516 g/mol. The van der Waals surface area contributed by atoms with E-state index in [2.05, 4.69) is 133 Å². The minimum Gasteiger partial charge on any atom is -1.00 e. The maximum atomic E-state index is 2.34. The van der Waals surface area contributed by atoms with Gasteiger partial charge in [0.25, 0.3) is 0 Å². The summed E-state index contributed by atoms with van der Waals surface area (Å²) in [6.07, 6.45) is 0. The molecule has 0 nitrogen and oxygen atoms in total. The molecule has 30 heavy (non-hydrogen) atoms. The van der Waals surface area contributed by atoms with Crippen molar-refractivity contribution in [3.05, 3.63) is 133 Å². The highest BCUT2D eigenvalue weighted by Gasteiger charge is 2.48. The highest BCUT2D eigenvalue weighted by molar-refractivity contribution is 8.01. The summed E-state index contributed by atoms with van der Waals surface area (Å²) < 4.78 is 0. The summed E-state index contributed by atoms with van der Waals surface area (Å²) >= 11 is 0. The lowest BCUT2D eigenvalue weighted by molar-refractivity contribution is -0.00000543. The highest BCUT2D eigenvalue weighted by atomic mass is 127. The van der Waals surface area contributed by atoms with Crippen molar-refractivity contribution in [3.8, 4) is 0 Å². The molecule has 0 unspecified atom stereocenters. The van der Waals surface area contributed by atoms with Crippen LogP contribution in [0, 0.1) is 0 Å². The van der Waals surface area contributed by atoms with E-state index in [1.165, 1.54) is 32.0 Å². The van der Waals surface area contributed by atoms with Crippen LogP contribution in [0.25, 0.3) is 10.8 Å². The van der Waals surface area contributed by atoms with Crippen LogP contribution < -0.4 is 45.2 Å². The van der Waals surface area contributed by atoms with E-state index in [0.717, 1.165) is 0 Å². The third-order valence-electron chi connectivity index (χ3n) is 5.56. The van der Waals surface area contributed by atoms with Crippen LogP contribution in [0.5, 0.6) is 0 Å². The highest BCUT2D eigenvalue weighted by Crippen LogP contribution is 2.55. The van der Waals surface area contributed by atoms with Gasteiger partial charge in [-0.3, -0.25) is 0 Å². The Morgan fingerprint density at radius 2 is 0.767 bits per heavy atom. The van der Waals surface area contributed by atoms with Gasteiger partial charge in [-0.05, 0) is 47.9 Å². The molecule has 146 valence electrons. The maximum absolute atomic E-state index is 2.34. The van der Waals surface area contributed by atoms with Gasteiger partial charge in [-0.15, -0.1) is 0 Å². The molecule has 0 aliphatic carbocycles. The zero-order chi connectivity index (χ0) is 19.5. The summed E-state index contributed by atoms with van der Waals surface area (Å²) in [6, 6.07) is 48.7. The summed E-state index contributed by atoms with van der Waals surface area (Å²) in [4.78, 5) is 0. The largest absolute Gasteiger partial charge is 1.00 e. The van der Waals surface area contributed by atoms with Gasteiger partial charge in [-0.1, -0.05) is 91.0 Å². The Bertz CT molecular complexity index is 1130. The molecule has 0 saturated carbocycles. The molecular formula is C28H22IP. The first-order valence-corrected chi connectivity index (χ1v) is 11.7. The number of halogens is 1. The molecule has 0 heterocycles. The Labute approximate surface area is 196 Å². The lowest BCUT2D eigenvalue weighted by atomic mass is 10.1. The van der Waals surface area contributed by atoms with Gasteiger partial charge < -0.3 is 24.0 Å². The quantitative estimate of drug-likeness (QED) is 0.255. The van der Waals surface area contributed by atoms with E-state index in [9.17, 15) is 0 Å². The van der Waals surface area contributed by atoms with E-state index in [1.807, 2.05) is 0 Å². The van der Waals surface area contributed by atoms with Crippen LogP contribution in [0.4, 0.5) is 0 Å². The van der Waals surface area contributed by atoms with Gasteiger partial charge in [0.15, 0.2) is 0 Å². The SMILES string of the molecule is [I-].c1ccc([P+](c2ccccc2)(c2ccccc2)c2cccc3ccccc23)cc1. The van der Waals surface area contributed by atoms with Gasteiger partial charge in [0, 0.05) is 5.39 Å². The van der Waals surface area contributed by atoms with Gasteiger partial charge in [0.2, 0.25) is 0 Å². The van der Waals surface area contributed by atoms with Gasteiger partial charge in [-0.2, -0.15) is 0 Å². The summed E-state index contributed by atoms with van der Waals surface area (Å²) in [6.45, 7) is 0. The molecule has 0 amide bonds. The van der Waals surface area contributed by atoms with Crippen molar-refractivity contribution in [2.75, 3.05) is 0 Å². The van der Waals surface area contributed by atoms with Crippen LogP contribution >= 0.6 is 7.26 Å². The van der Waals surface area contributed by atoms with Crippen LogP contribution in [-0.2, 0) is 0 Å². The second kappa shape index (κ2) is 9.12. The number of rotatable bonds is 4. The van der Waals surface area contributed by atoms with Gasteiger partial charge in [0.05, 0.1) is 0 Å². The van der Waals surface area contributed by atoms with E-state index in [1.54, 1.807) is 0 Å². The number of hydrogen-bond acceptors (Lipinski definition) is 0. The molecule has 0 saturated heterocycles. The summed E-state index contributed by atoms with van der Waals surface area (Å²) in [5, 5.41) is 8.19. The number of benzene rings is 5. The Morgan fingerprint density at radius 1 is 0.367 bits per heavy atom. The van der Waals surface area contributed by atoms with Crippen molar-refractivity contribution in [2.45, 2.75) is 0 Å². The molecule has 5 rings (SSSR count). The Hall–Kier alpha value is -2.48. The fourth-order valence-corrected chi connectivity index (χ4v) is 8.78. The van der Waals surface area contributed by atoms with Crippen molar-refractivity contribution >= 4 is 39.3 Å². The van der Waals surface area contributed by atoms with Gasteiger partial charge >= 0.3 is 0 Å². The van der Waals surface area contributed by atoms with Crippen molar-refractivity contribution in [2.24, 2.45) is 0 Å². The first-order valence-electron chi connectivity index (χ1n) is 9.95. The fraction of sp³-hybridized carbons (Fsp3) is 0. The molecule has 0 aromatic heterocycles. The average molecular weight is 516 g/mol. The van der Waals surface area contributed by atoms with E-state index in [0.29, 0.717) is 0 Å². The van der Waals surface area contributed by atoms with Crippen LogP contribution in [-0.4, -0.2) is 0 Å². The average Bonchev–Trinajstić information content (AvgIpc) is 2.82. The lowest BCUT2D eigenvalue weighted by Crippen LogP contribution is -3.00. The van der Waals surface area contributed by atoms with E-state index in [4.69, 9.17) is 0 Å². The first-order chi connectivity index (χ1) is 14.4. The first kappa shape index (κ1) is 20.8. The molecule has 0 fully saturated rings.